The second-order valence-corrected chi connectivity index (χ2v) is 4.60. The molecule has 0 fully saturated rings. The molecule has 1 rings (SSSR count). The van der Waals surface area contributed by atoms with E-state index in [1.54, 1.807) is 0 Å². The third-order valence-electron chi connectivity index (χ3n) is 2.24. The standard InChI is InChI=1S/C11H19FN4O/c1-4-13-10-14-5-8(12)9(16-10)15-6-11(2,3)7-17/h5,17H,4,6-7H2,1-3H3,(H2,13,14,15,16). The van der Waals surface area contributed by atoms with Crippen molar-refractivity contribution < 1.29 is 9.50 Å². The number of anilines is 2. The fourth-order valence-corrected chi connectivity index (χ4v) is 1.11. The van der Waals surface area contributed by atoms with Crippen molar-refractivity contribution in [2.75, 3.05) is 30.3 Å². The largest absolute Gasteiger partial charge is 0.396 e. The molecule has 1 aromatic rings. The van der Waals surface area contributed by atoms with Gasteiger partial charge in [-0.15, -0.1) is 0 Å². The first kappa shape index (κ1) is 13.6. The van der Waals surface area contributed by atoms with Crippen molar-refractivity contribution in [3.05, 3.63) is 12.0 Å². The topological polar surface area (TPSA) is 70.1 Å². The summed E-state index contributed by atoms with van der Waals surface area (Å²) in [7, 11) is 0. The fourth-order valence-electron chi connectivity index (χ4n) is 1.11. The third kappa shape index (κ3) is 4.14. The van der Waals surface area contributed by atoms with Gasteiger partial charge >= 0.3 is 0 Å². The highest BCUT2D eigenvalue weighted by atomic mass is 19.1. The van der Waals surface area contributed by atoms with Crippen LogP contribution in [0.15, 0.2) is 6.20 Å². The van der Waals surface area contributed by atoms with Crippen molar-refractivity contribution in [1.29, 1.82) is 0 Å². The number of halogens is 1. The molecule has 0 saturated heterocycles. The van der Waals surface area contributed by atoms with Crippen molar-refractivity contribution >= 4 is 11.8 Å². The van der Waals surface area contributed by atoms with E-state index in [0.29, 0.717) is 19.0 Å². The van der Waals surface area contributed by atoms with Gasteiger partial charge < -0.3 is 15.7 Å². The molecular weight excluding hydrogens is 223 g/mol. The van der Waals surface area contributed by atoms with Gasteiger partial charge in [-0.1, -0.05) is 13.8 Å². The third-order valence-corrected chi connectivity index (χ3v) is 2.24. The van der Waals surface area contributed by atoms with Crippen molar-refractivity contribution in [2.24, 2.45) is 5.41 Å². The maximum Gasteiger partial charge on any atom is 0.224 e. The Morgan fingerprint density at radius 2 is 2.12 bits per heavy atom. The summed E-state index contributed by atoms with van der Waals surface area (Å²) in [5, 5.41) is 14.9. The Morgan fingerprint density at radius 1 is 1.41 bits per heavy atom. The highest BCUT2D eigenvalue weighted by Crippen LogP contribution is 2.17. The van der Waals surface area contributed by atoms with Crippen LogP contribution >= 0.6 is 0 Å². The smallest absolute Gasteiger partial charge is 0.224 e. The van der Waals surface area contributed by atoms with Gasteiger partial charge in [0.15, 0.2) is 11.6 Å². The van der Waals surface area contributed by atoms with Gasteiger partial charge in [0.05, 0.1) is 6.20 Å². The van der Waals surface area contributed by atoms with E-state index in [-0.39, 0.29) is 17.8 Å². The van der Waals surface area contributed by atoms with E-state index in [0.717, 1.165) is 6.20 Å². The number of nitrogens with zero attached hydrogens (tertiary/aromatic N) is 2. The van der Waals surface area contributed by atoms with Crippen LogP contribution in [0.2, 0.25) is 0 Å². The highest BCUT2D eigenvalue weighted by Gasteiger charge is 2.17. The second-order valence-electron chi connectivity index (χ2n) is 4.60. The lowest BCUT2D eigenvalue weighted by Crippen LogP contribution is -2.27. The van der Waals surface area contributed by atoms with Crippen molar-refractivity contribution in [3.8, 4) is 0 Å². The Hall–Kier alpha value is -1.43. The lowest BCUT2D eigenvalue weighted by Gasteiger charge is -2.22. The van der Waals surface area contributed by atoms with Crippen LogP contribution in [0.1, 0.15) is 20.8 Å². The zero-order chi connectivity index (χ0) is 12.9. The first-order valence-electron chi connectivity index (χ1n) is 5.59. The van der Waals surface area contributed by atoms with Gasteiger partial charge in [-0.05, 0) is 6.92 Å². The Morgan fingerprint density at radius 3 is 2.71 bits per heavy atom. The number of aliphatic hydroxyl groups excluding tert-OH is 1. The molecule has 0 radical (unpaired) electrons. The Bertz CT molecular complexity index is 370. The summed E-state index contributed by atoms with van der Waals surface area (Å²) in [6.45, 7) is 6.80. The molecule has 0 amide bonds. The quantitative estimate of drug-likeness (QED) is 0.705. The van der Waals surface area contributed by atoms with Crippen LogP contribution in [-0.4, -0.2) is 34.8 Å². The highest BCUT2D eigenvalue weighted by molar-refractivity contribution is 5.41. The van der Waals surface area contributed by atoms with E-state index >= 15 is 0 Å². The zero-order valence-corrected chi connectivity index (χ0v) is 10.4. The number of hydrogen-bond donors (Lipinski definition) is 3. The van der Waals surface area contributed by atoms with Gasteiger partial charge in [0.1, 0.15) is 0 Å². The number of rotatable bonds is 6. The Kier molecular flexibility index (Phi) is 4.62. The predicted octanol–water partition coefficient (Wildman–Crippen LogP) is 1.48. The lowest BCUT2D eigenvalue weighted by atomic mass is 9.95. The van der Waals surface area contributed by atoms with Gasteiger partial charge in [0.2, 0.25) is 5.95 Å². The molecule has 0 atom stereocenters. The molecule has 17 heavy (non-hydrogen) atoms. The average Bonchev–Trinajstić information content (AvgIpc) is 2.30. The molecule has 3 N–H and O–H groups in total. The molecule has 0 spiro atoms. The van der Waals surface area contributed by atoms with Gasteiger partial charge in [0.25, 0.3) is 0 Å². The van der Waals surface area contributed by atoms with Gasteiger partial charge in [-0.3, -0.25) is 0 Å². The molecule has 1 aromatic heterocycles. The summed E-state index contributed by atoms with van der Waals surface area (Å²) in [5.74, 6) is 0.0380. The van der Waals surface area contributed by atoms with Gasteiger partial charge in [-0.2, -0.15) is 4.98 Å². The van der Waals surface area contributed by atoms with E-state index in [4.69, 9.17) is 5.11 Å². The van der Waals surface area contributed by atoms with E-state index in [9.17, 15) is 4.39 Å². The van der Waals surface area contributed by atoms with Crippen molar-refractivity contribution in [2.45, 2.75) is 20.8 Å². The van der Waals surface area contributed by atoms with E-state index in [1.807, 2.05) is 20.8 Å². The van der Waals surface area contributed by atoms with Gasteiger partial charge in [0, 0.05) is 25.1 Å². The molecule has 1 heterocycles. The Balaban J connectivity index is 2.72. The minimum Gasteiger partial charge on any atom is -0.396 e. The molecule has 0 saturated carbocycles. The maximum absolute atomic E-state index is 13.4. The van der Waals surface area contributed by atoms with Crippen molar-refractivity contribution in [3.63, 3.8) is 0 Å². The first-order valence-corrected chi connectivity index (χ1v) is 5.59. The van der Waals surface area contributed by atoms with Crippen LogP contribution in [-0.2, 0) is 0 Å². The Labute approximate surface area is 100 Å². The minimum atomic E-state index is -0.500. The molecule has 0 aliphatic heterocycles. The summed E-state index contributed by atoms with van der Waals surface area (Å²) in [6.07, 6.45) is 1.12. The second kappa shape index (κ2) is 5.77. The van der Waals surface area contributed by atoms with E-state index < -0.39 is 5.82 Å². The molecule has 0 aliphatic carbocycles. The van der Waals surface area contributed by atoms with Crippen LogP contribution < -0.4 is 10.6 Å². The lowest BCUT2D eigenvalue weighted by molar-refractivity contribution is 0.170. The van der Waals surface area contributed by atoms with Crippen molar-refractivity contribution in [1.82, 2.24) is 9.97 Å². The number of aromatic nitrogens is 2. The van der Waals surface area contributed by atoms with Crippen LogP contribution in [0.5, 0.6) is 0 Å². The number of aliphatic hydroxyl groups is 1. The molecule has 96 valence electrons. The predicted molar refractivity (Wildman–Crippen MR) is 65.5 cm³/mol. The maximum atomic E-state index is 13.4. The normalized spacial score (nSPS) is 11.4. The number of hydrogen-bond acceptors (Lipinski definition) is 5. The summed E-state index contributed by atoms with van der Waals surface area (Å²) in [4.78, 5) is 7.82. The number of nitrogens with one attached hydrogen (secondary N) is 2. The molecule has 0 unspecified atom stereocenters. The van der Waals surface area contributed by atoms with Crippen LogP contribution in [0.3, 0.4) is 0 Å². The van der Waals surface area contributed by atoms with Crippen LogP contribution in [0.25, 0.3) is 0 Å². The summed E-state index contributed by atoms with van der Waals surface area (Å²) < 4.78 is 13.4. The SMILES string of the molecule is CCNc1ncc(F)c(NCC(C)(C)CO)n1. The monoisotopic (exact) mass is 242 g/mol. The summed E-state index contributed by atoms with van der Waals surface area (Å²) >= 11 is 0. The van der Waals surface area contributed by atoms with Crippen LogP contribution in [0, 0.1) is 11.2 Å². The summed E-state index contributed by atoms with van der Waals surface area (Å²) in [5.41, 5.74) is -0.324. The molecule has 6 heteroatoms. The molecule has 0 bridgehead atoms. The fraction of sp³-hybridized carbons (Fsp3) is 0.636. The minimum absolute atomic E-state index is 0.0206. The summed E-state index contributed by atoms with van der Waals surface area (Å²) in [6, 6.07) is 0. The van der Waals surface area contributed by atoms with E-state index in [2.05, 4.69) is 20.6 Å². The van der Waals surface area contributed by atoms with Gasteiger partial charge in [-0.25, -0.2) is 9.37 Å². The average molecular weight is 242 g/mol. The van der Waals surface area contributed by atoms with Crippen LogP contribution in [0.4, 0.5) is 16.2 Å². The molecular formula is C11H19FN4O. The molecule has 0 aliphatic rings. The molecule has 0 aromatic carbocycles. The zero-order valence-electron chi connectivity index (χ0n) is 10.4. The molecule has 5 nitrogen and oxygen atoms in total. The van der Waals surface area contributed by atoms with E-state index in [1.165, 1.54) is 0 Å². The first-order chi connectivity index (χ1) is 7.98.